The quantitative estimate of drug-likeness (QED) is 0.128. The van der Waals surface area contributed by atoms with E-state index in [0.717, 1.165) is 16.8 Å². The number of amidine groups is 2. The van der Waals surface area contributed by atoms with Gasteiger partial charge in [-0.05, 0) is 61.5 Å². The van der Waals surface area contributed by atoms with Crippen LogP contribution in [0.5, 0.6) is 17.2 Å². The van der Waals surface area contributed by atoms with Crippen LogP contribution < -0.4 is 20.3 Å². The highest BCUT2D eigenvalue weighted by molar-refractivity contribution is 6.25. The zero-order valence-corrected chi connectivity index (χ0v) is 23.6. The molecule has 0 fully saturated rings. The number of aliphatic imine (C=N–C) groups is 1. The van der Waals surface area contributed by atoms with Crippen LogP contribution in [0, 0.1) is 10.8 Å². The molecule has 0 unspecified atom stereocenters. The SMILES string of the molecule is CC(=O)NCCNC(=O)c1ccc(CO)c(O)c1.COc1ccc2c(c1)C(c1ccc(O)cc1)=NCC(=N)N2C(C)=N. The Morgan fingerprint density at radius 2 is 1.69 bits per heavy atom. The summed E-state index contributed by atoms with van der Waals surface area (Å²) in [5, 5.41) is 49.3. The van der Waals surface area contributed by atoms with Crippen LogP contribution in [0.3, 0.4) is 0 Å². The number of rotatable bonds is 7. The Balaban J connectivity index is 0.000000241. The molecule has 0 saturated heterocycles. The van der Waals surface area contributed by atoms with Crippen molar-refractivity contribution in [1.82, 2.24) is 10.6 Å². The van der Waals surface area contributed by atoms with Gasteiger partial charge in [0.2, 0.25) is 5.91 Å². The van der Waals surface area contributed by atoms with E-state index < -0.39 is 0 Å². The summed E-state index contributed by atoms with van der Waals surface area (Å²) < 4.78 is 5.33. The lowest BCUT2D eigenvalue weighted by Crippen LogP contribution is -2.35. The molecule has 0 saturated carbocycles. The number of benzene rings is 3. The van der Waals surface area contributed by atoms with Gasteiger partial charge in [0.15, 0.2) is 0 Å². The Bertz CT molecular complexity index is 1500. The third-order valence-electron chi connectivity index (χ3n) is 6.14. The number of ether oxygens (including phenoxy) is 1. The van der Waals surface area contributed by atoms with Crippen molar-refractivity contribution < 1.29 is 29.6 Å². The minimum atomic E-state index is -0.347. The number of aromatic hydroxyl groups is 2. The zero-order valence-electron chi connectivity index (χ0n) is 23.6. The monoisotopic (exact) mass is 574 g/mol. The summed E-state index contributed by atoms with van der Waals surface area (Å²) in [7, 11) is 1.59. The molecule has 1 aliphatic heterocycles. The number of methoxy groups -OCH3 is 1. The summed E-state index contributed by atoms with van der Waals surface area (Å²) in [6.07, 6.45) is 0. The number of nitrogens with zero attached hydrogens (tertiary/aromatic N) is 2. The average molecular weight is 575 g/mol. The molecule has 0 aliphatic carbocycles. The first-order valence-corrected chi connectivity index (χ1v) is 13.0. The molecular weight excluding hydrogens is 540 g/mol. The molecule has 2 amide bonds. The molecule has 1 heterocycles. The maximum absolute atomic E-state index is 11.6. The molecule has 0 radical (unpaired) electrons. The third-order valence-corrected chi connectivity index (χ3v) is 6.14. The van der Waals surface area contributed by atoms with E-state index in [1.165, 1.54) is 25.1 Å². The van der Waals surface area contributed by atoms with Crippen LogP contribution in [0.25, 0.3) is 0 Å². The summed E-state index contributed by atoms with van der Waals surface area (Å²) in [5.41, 5.74) is 3.71. The Morgan fingerprint density at radius 1 is 1.00 bits per heavy atom. The minimum absolute atomic E-state index is 0.119. The topological polar surface area (TPSA) is 191 Å². The number of fused-ring (bicyclic) bond motifs is 1. The summed E-state index contributed by atoms with van der Waals surface area (Å²) in [4.78, 5) is 28.4. The maximum Gasteiger partial charge on any atom is 0.251 e. The van der Waals surface area contributed by atoms with Gasteiger partial charge in [-0.15, -0.1) is 0 Å². The Hall–Kier alpha value is -5.23. The largest absolute Gasteiger partial charge is 0.508 e. The summed E-state index contributed by atoms with van der Waals surface area (Å²) in [6.45, 7) is 3.59. The van der Waals surface area contributed by atoms with Crippen LogP contribution in [-0.2, 0) is 11.4 Å². The van der Waals surface area contributed by atoms with E-state index in [-0.39, 0.29) is 48.1 Å². The van der Waals surface area contributed by atoms with Gasteiger partial charge in [-0.3, -0.25) is 30.3 Å². The lowest BCUT2D eigenvalue weighted by Gasteiger charge is -2.24. The highest BCUT2D eigenvalue weighted by Gasteiger charge is 2.25. The number of aliphatic hydroxyl groups excluding tert-OH is 1. The smallest absolute Gasteiger partial charge is 0.251 e. The number of hydrogen-bond donors (Lipinski definition) is 7. The van der Waals surface area contributed by atoms with Crippen molar-refractivity contribution in [3.05, 3.63) is 82.9 Å². The van der Waals surface area contributed by atoms with Crippen molar-refractivity contribution in [3.8, 4) is 17.2 Å². The van der Waals surface area contributed by atoms with Crippen LogP contribution in [0.4, 0.5) is 5.69 Å². The standard InChI is InChI=1S/C18H18N4O2.C12H16N2O4/c1-11(19)22-16-8-7-14(24-2)9-15(16)18(21-10-17(22)20)12-3-5-13(23)6-4-12;1-8(16)13-4-5-14-12(18)9-2-3-10(7-15)11(17)6-9/h3-9,19-20,23H,10H2,1-2H3;2-3,6,15,17H,4-5,7H2,1H3,(H,13,16)(H,14,18). The normalized spacial score (nSPS) is 12.1. The molecule has 1 aliphatic rings. The Morgan fingerprint density at radius 3 is 2.29 bits per heavy atom. The molecule has 12 heteroatoms. The van der Waals surface area contributed by atoms with Gasteiger partial charge in [-0.25, -0.2) is 0 Å². The number of amides is 2. The van der Waals surface area contributed by atoms with Crippen molar-refractivity contribution >= 4 is 34.9 Å². The maximum atomic E-state index is 11.6. The number of phenols is 2. The fraction of sp³-hybridized carbons (Fsp3) is 0.233. The second-order valence-corrected chi connectivity index (χ2v) is 9.20. The van der Waals surface area contributed by atoms with Crippen molar-refractivity contribution in [2.45, 2.75) is 20.5 Å². The van der Waals surface area contributed by atoms with E-state index >= 15 is 0 Å². The Labute approximate surface area is 243 Å². The van der Waals surface area contributed by atoms with E-state index in [4.69, 9.17) is 20.7 Å². The first-order chi connectivity index (χ1) is 20.0. The molecule has 7 N–H and O–H groups in total. The lowest BCUT2D eigenvalue weighted by molar-refractivity contribution is -0.118. The number of nitrogens with one attached hydrogen (secondary N) is 4. The number of anilines is 1. The molecule has 42 heavy (non-hydrogen) atoms. The molecule has 0 atom stereocenters. The molecule has 0 bridgehead atoms. The fourth-order valence-electron chi connectivity index (χ4n) is 4.09. The van der Waals surface area contributed by atoms with E-state index in [9.17, 15) is 19.8 Å². The second kappa shape index (κ2) is 14.4. The number of hydrogen-bond acceptors (Lipinski definition) is 9. The number of carbonyl (C=O) groups is 2. The highest BCUT2D eigenvalue weighted by atomic mass is 16.5. The highest BCUT2D eigenvalue weighted by Crippen LogP contribution is 2.31. The van der Waals surface area contributed by atoms with E-state index in [1.54, 1.807) is 43.2 Å². The van der Waals surface area contributed by atoms with Crippen molar-refractivity contribution in [2.75, 3.05) is 31.6 Å². The van der Waals surface area contributed by atoms with Crippen LogP contribution >= 0.6 is 0 Å². The number of aliphatic hydroxyl groups is 1. The zero-order chi connectivity index (χ0) is 30.8. The summed E-state index contributed by atoms with van der Waals surface area (Å²) in [5.74, 6) is 0.734. The molecule has 4 rings (SSSR count). The molecule has 3 aromatic rings. The first kappa shape index (κ1) is 31.3. The van der Waals surface area contributed by atoms with Crippen molar-refractivity contribution in [1.29, 1.82) is 10.8 Å². The van der Waals surface area contributed by atoms with Crippen molar-refractivity contribution in [2.24, 2.45) is 4.99 Å². The number of benzodiazepines with no additional fused rings is 1. The van der Waals surface area contributed by atoms with Gasteiger partial charge in [-0.1, -0.05) is 6.07 Å². The van der Waals surface area contributed by atoms with E-state index in [1.807, 2.05) is 18.2 Å². The lowest BCUT2D eigenvalue weighted by atomic mass is 9.99. The van der Waals surface area contributed by atoms with Gasteiger partial charge in [0.1, 0.15) is 28.9 Å². The van der Waals surface area contributed by atoms with Crippen LogP contribution in [0.2, 0.25) is 0 Å². The molecule has 220 valence electrons. The van der Waals surface area contributed by atoms with Gasteiger partial charge < -0.3 is 30.7 Å². The minimum Gasteiger partial charge on any atom is -0.508 e. The summed E-state index contributed by atoms with van der Waals surface area (Å²) >= 11 is 0. The van der Waals surface area contributed by atoms with Crippen molar-refractivity contribution in [3.63, 3.8) is 0 Å². The van der Waals surface area contributed by atoms with Gasteiger partial charge in [-0.2, -0.15) is 0 Å². The first-order valence-electron chi connectivity index (χ1n) is 13.0. The average Bonchev–Trinajstić information content (AvgIpc) is 3.11. The van der Waals surface area contributed by atoms with Gasteiger partial charge in [0.05, 0.1) is 31.7 Å². The van der Waals surface area contributed by atoms with Gasteiger partial charge in [0.25, 0.3) is 5.91 Å². The van der Waals surface area contributed by atoms with Crippen LogP contribution in [0.1, 0.15) is 40.9 Å². The fourth-order valence-corrected chi connectivity index (χ4v) is 4.09. The van der Waals surface area contributed by atoms with Crippen LogP contribution in [-0.4, -0.2) is 71.3 Å². The predicted molar refractivity (Wildman–Crippen MR) is 160 cm³/mol. The molecule has 12 nitrogen and oxygen atoms in total. The van der Waals surface area contributed by atoms with Gasteiger partial charge in [0, 0.05) is 42.3 Å². The molecule has 0 aromatic heterocycles. The third kappa shape index (κ3) is 7.92. The number of carbonyl (C=O) groups excluding carboxylic acids is 2. The second-order valence-electron chi connectivity index (χ2n) is 9.20. The molecular formula is C30H34N6O6. The van der Waals surface area contributed by atoms with E-state index in [0.29, 0.717) is 35.7 Å². The molecule has 0 spiro atoms. The number of phenolic OH excluding ortho intramolecular Hbond substituents is 1. The van der Waals surface area contributed by atoms with Gasteiger partial charge >= 0.3 is 0 Å². The summed E-state index contributed by atoms with van der Waals surface area (Å²) in [6, 6.07) is 16.6. The Kier molecular flexibility index (Phi) is 10.7. The predicted octanol–water partition coefficient (Wildman–Crippen LogP) is 2.78. The van der Waals surface area contributed by atoms with E-state index in [2.05, 4.69) is 15.6 Å². The molecule has 3 aromatic carbocycles. The van der Waals surface area contributed by atoms with Crippen LogP contribution in [0.15, 0.2) is 65.7 Å².